The fourth-order valence-electron chi connectivity index (χ4n) is 8.19. The van der Waals surface area contributed by atoms with Gasteiger partial charge in [0, 0.05) is 32.1 Å². The van der Waals surface area contributed by atoms with Gasteiger partial charge in [-0.1, -0.05) is 239 Å². The van der Waals surface area contributed by atoms with Crippen LogP contribution >= 0.6 is 0 Å². The standard InChI is InChI=1S/2C18H30O4.C18H28O3.C18H30O2/c1-2-3-4-5-7-10-13-16(19)17(20)14-11-8-6-9-12-15-18(21)22;1-2-3-4-5-6-8-11-14-17(22-21)15-12-9-7-10-13-16-18(19)20;1-2-3-4-5-7-10-13-16-17(21-16)14-11-8-6-9-12-15-18(19)20;1-2-3-4-5-6-7-8-9-10-11-12-13-14-15-16-17-18(19)20/h3-4,7,10,17,20H,2,5-6,8-9,11-15H2,1H3,(H,21,22);3-4,6,8,11,14,17,21H,2,5,7,9-10,12-13,15-16H2,1H3,(H,19,20);3-4,7,10,13,17H,2,5-6,8-9,11-12,14-15H2,1H3,(H,19,20);3-4,6-7,9-10H,2,5,8,11-17H2,1H3,(H,19,20)/b4-3-,10-7-;4-3-,8-6-,14-11+;4-3-,10-7-,16-13-;4-3-,7-6-,10-9-. The third-order valence-electron chi connectivity index (χ3n) is 13.2. The number of aliphatic hydroxyl groups excluding tert-OH is 1. The first-order valence-corrected chi connectivity index (χ1v) is 32.6. The number of aliphatic hydroxyl groups is 1. The van der Waals surface area contributed by atoms with Crippen molar-refractivity contribution >= 4 is 29.7 Å². The molecule has 3 unspecified atom stereocenters. The van der Waals surface area contributed by atoms with Crippen LogP contribution in [-0.2, 0) is 33.6 Å². The van der Waals surface area contributed by atoms with Gasteiger partial charge in [-0.2, -0.15) is 0 Å². The minimum atomic E-state index is -0.866. The van der Waals surface area contributed by atoms with E-state index in [9.17, 15) is 29.1 Å². The number of unbranched alkanes of at least 4 members (excludes halogenated alkanes) is 17. The summed E-state index contributed by atoms with van der Waals surface area (Å²) in [4.78, 5) is 57.5. The predicted molar refractivity (Wildman–Crippen MR) is 352 cm³/mol. The summed E-state index contributed by atoms with van der Waals surface area (Å²) < 4.78 is 5.52. The molecule has 1 fully saturated rings. The Morgan fingerprint density at radius 2 is 0.788 bits per heavy atom. The molecule has 3 atom stereocenters. The monoisotopic (exact) mass is 1190 g/mol. The molecular weight excluding hydrogens is 1070 g/mol. The summed E-state index contributed by atoms with van der Waals surface area (Å²) >= 11 is 0. The molecule has 1 saturated heterocycles. The summed E-state index contributed by atoms with van der Waals surface area (Å²) in [6.07, 6.45) is 76.7. The lowest BCUT2D eigenvalue weighted by Gasteiger charge is -2.08. The molecule has 0 aromatic heterocycles. The van der Waals surface area contributed by atoms with E-state index in [4.69, 9.17) is 30.4 Å². The van der Waals surface area contributed by atoms with Crippen LogP contribution in [0.4, 0.5) is 0 Å². The zero-order valence-electron chi connectivity index (χ0n) is 53.3. The summed E-state index contributed by atoms with van der Waals surface area (Å²) in [6, 6.07) is 0. The molecule has 85 heavy (non-hydrogen) atoms. The van der Waals surface area contributed by atoms with Crippen molar-refractivity contribution in [2.24, 2.45) is 0 Å². The van der Waals surface area contributed by atoms with Crippen molar-refractivity contribution in [1.82, 2.24) is 0 Å². The Hall–Kier alpha value is -5.63. The van der Waals surface area contributed by atoms with Crippen molar-refractivity contribution < 1.29 is 64.4 Å². The number of rotatable bonds is 53. The van der Waals surface area contributed by atoms with Crippen molar-refractivity contribution in [3.63, 3.8) is 0 Å². The van der Waals surface area contributed by atoms with Crippen LogP contribution in [0.3, 0.4) is 0 Å². The van der Waals surface area contributed by atoms with Gasteiger partial charge in [-0.25, -0.2) is 4.89 Å². The topological polar surface area (TPSA) is 228 Å². The molecule has 0 aliphatic carbocycles. The van der Waals surface area contributed by atoms with Gasteiger partial charge < -0.3 is 30.3 Å². The molecule has 1 heterocycles. The third-order valence-corrected chi connectivity index (χ3v) is 13.2. The number of ketones is 1. The molecule has 13 nitrogen and oxygen atoms in total. The van der Waals surface area contributed by atoms with Crippen LogP contribution in [0.1, 0.15) is 272 Å². The molecule has 1 rings (SSSR count). The number of epoxide rings is 1. The average molecular weight is 1190 g/mol. The lowest BCUT2D eigenvalue weighted by atomic mass is 10.0. The number of hydrogen-bond acceptors (Lipinski definition) is 9. The molecule has 0 aromatic rings. The molecule has 0 bridgehead atoms. The SMILES string of the molecule is CC/C=C\C/C=C\C/C=C\CCCCCCCC(=O)O.CC/C=C\C/C=C\C=C1/OC1CCCCCCCC(=O)O.CC/C=C\C/C=C\C=C\C(CCCCCCCC(=O)O)OO.CC/C=C\C/C=C\CC(=O)C(O)CCCCCCCC(=O)O. The first-order chi connectivity index (χ1) is 41.3. The summed E-state index contributed by atoms with van der Waals surface area (Å²) in [6.45, 7) is 8.47. The van der Waals surface area contributed by atoms with E-state index in [-0.39, 0.29) is 24.7 Å². The van der Waals surface area contributed by atoms with Gasteiger partial charge >= 0.3 is 23.9 Å². The number of carboxylic acid groups (broad SMARTS) is 4. The molecule has 484 valence electrons. The fraction of sp³-hybridized carbons (Fsp3) is 0.625. The number of carboxylic acids is 4. The van der Waals surface area contributed by atoms with Gasteiger partial charge in [0.05, 0.1) is 0 Å². The Bertz CT molecular complexity index is 1930. The quantitative estimate of drug-likeness (QED) is 0.00833. The second-order valence-electron chi connectivity index (χ2n) is 21.2. The van der Waals surface area contributed by atoms with E-state index >= 15 is 0 Å². The van der Waals surface area contributed by atoms with Gasteiger partial charge in [0.2, 0.25) is 0 Å². The van der Waals surface area contributed by atoms with Crippen LogP contribution in [0.5, 0.6) is 0 Å². The lowest BCUT2D eigenvalue weighted by Crippen LogP contribution is -2.19. The predicted octanol–water partition coefficient (Wildman–Crippen LogP) is 19.8. The zero-order valence-corrected chi connectivity index (χ0v) is 53.3. The largest absolute Gasteiger partial charge is 0.483 e. The average Bonchev–Trinajstić information content (AvgIpc) is 4.28. The summed E-state index contributed by atoms with van der Waals surface area (Å²) in [5.41, 5.74) is 0. The van der Waals surface area contributed by atoms with Crippen LogP contribution in [0.25, 0.3) is 0 Å². The van der Waals surface area contributed by atoms with Crippen LogP contribution in [0, 0.1) is 0 Å². The molecule has 0 aromatic carbocycles. The first-order valence-electron chi connectivity index (χ1n) is 32.6. The maximum absolute atomic E-state index is 11.7. The second kappa shape index (κ2) is 69.1. The number of aliphatic carboxylic acids is 4. The summed E-state index contributed by atoms with van der Waals surface area (Å²) in [7, 11) is 0. The van der Waals surface area contributed by atoms with E-state index in [1.54, 1.807) is 0 Å². The first kappa shape index (κ1) is 83.6. The van der Waals surface area contributed by atoms with Crippen molar-refractivity contribution in [2.75, 3.05) is 0 Å². The summed E-state index contributed by atoms with van der Waals surface area (Å²) in [5, 5.41) is 52.7. The normalized spacial score (nSPS) is 14.5. The van der Waals surface area contributed by atoms with E-state index in [0.717, 1.165) is 186 Å². The Kier molecular flexibility index (Phi) is 68.0. The maximum atomic E-state index is 11.7. The zero-order chi connectivity index (χ0) is 63.3. The molecule has 0 radical (unpaired) electrons. The third kappa shape index (κ3) is 74.4. The highest BCUT2D eigenvalue weighted by Gasteiger charge is 2.30. The van der Waals surface area contributed by atoms with Gasteiger partial charge in [-0.15, -0.1) is 0 Å². The number of carbonyl (C=O) groups is 5. The van der Waals surface area contributed by atoms with Gasteiger partial charge in [-0.05, 0) is 128 Å². The number of ether oxygens (including phenoxy) is 1. The van der Waals surface area contributed by atoms with Crippen LogP contribution in [0.2, 0.25) is 0 Å². The molecule has 0 saturated carbocycles. The van der Waals surface area contributed by atoms with E-state index in [0.29, 0.717) is 38.2 Å². The fourth-order valence-corrected chi connectivity index (χ4v) is 8.19. The van der Waals surface area contributed by atoms with Gasteiger partial charge in [-0.3, -0.25) is 29.2 Å². The Labute approximate surface area is 515 Å². The highest BCUT2D eigenvalue weighted by atomic mass is 17.1. The number of carbonyl (C=O) groups excluding carboxylic acids is 1. The van der Waals surface area contributed by atoms with Crippen LogP contribution in [-0.4, -0.2) is 78.8 Å². The van der Waals surface area contributed by atoms with Crippen LogP contribution < -0.4 is 0 Å². The highest BCUT2D eigenvalue weighted by molar-refractivity contribution is 5.84. The molecule has 1 aliphatic heterocycles. The van der Waals surface area contributed by atoms with Crippen LogP contribution in [0.15, 0.2) is 133 Å². The molecule has 0 amide bonds. The van der Waals surface area contributed by atoms with E-state index in [2.05, 4.69) is 130 Å². The van der Waals surface area contributed by atoms with Gasteiger partial charge in [0.25, 0.3) is 0 Å². The van der Waals surface area contributed by atoms with E-state index in [1.807, 2.05) is 30.4 Å². The minimum absolute atomic E-state index is 0.124. The number of hydrogen-bond donors (Lipinski definition) is 6. The highest BCUT2D eigenvalue weighted by Crippen LogP contribution is 2.32. The second-order valence-corrected chi connectivity index (χ2v) is 21.2. The lowest BCUT2D eigenvalue weighted by molar-refractivity contribution is -0.267. The minimum Gasteiger partial charge on any atom is -0.483 e. The number of allylic oxidation sites excluding steroid dienone is 20. The Balaban J connectivity index is -0.00000106. The van der Waals surface area contributed by atoms with Gasteiger partial charge in [0.15, 0.2) is 11.9 Å². The van der Waals surface area contributed by atoms with Crippen molar-refractivity contribution in [1.29, 1.82) is 0 Å². The molecule has 6 N–H and O–H groups in total. The number of Topliss-reactive ketones (excluding diaryl/α,β-unsaturated/α-hetero) is 1. The Morgan fingerprint density at radius 3 is 1.24 bits per heavy atom. The molecule has 1 aliphatic rings. The summed E-state index contributed by atoms with van der Waals surface area (Å²) in [5.74, 6) is -1.85. The molecule has 13 heteroatoms. The molecular formula is C72H118O13. The van der Waals surface area contributed by atoms with Crippen molar-refractivity contribution in [2.45, 2.75) is 290 Å². The smallest absolute Gasteiger partial charge is 0.303 e. The van der Waals surface area contributed by atoms with E-state index < -0.39 is 30.0 Å². The van der Waals surface area contributed by atoms with E-state index in [1.165, 1.54) is 19.3 Å². The molecule has 0 spiro atoms. The Morgan fingerprint density at radius 1 is 0.424 bits per heavy atom. The van der Waals surface area contributed by atoms with Crippen molar-refractivity contribution in [3.8, 4) is 0 Å². The maximum Gasteiger partial charge on any atom is 0.303 e. The van der Waals surface area contributed by atoms with Gasteiger partial charge in [0.1, 0.15) is 18.0 Å². The van der Waals surface area contributed by atoms with Crippen molar-refractivity contribution in [3.05, 3.63) is 133 Å².